The van der Waals surface area contributed by atoms with Crippen molar-refractivity contribution in [2.45, 2.75) is 528 Å². The molecule has 0 aromatic carbocycles. The summed E-state index contributed by atoms with van der Waals surface area (Å²) in [4.78, 5) is 73.4. The van der Waals surface area contributed by atoms with Crippen molar-refractivity contribution in [3.05, 3.63) is 0 Å². The van der Waals surface area contributed by atoms with E-state index in [1.165, 1.54) is 340 Å². The molecule has 2 unspecified atom stereocenters. The zero-order chi connectivity index (χ0) is 81.0. The average Bonchev–Trinajstić information content (AvgIpc) is 0.898. The van der Waals surface area contributed by atoms with Gasteiger partial charge in [0.05, 0.1) is 26.4 Å². The van der Waals surface area contributed by atoms with Gasteiger partial charge in [0.25, 0.3) is 0 Å². The molecule has 19 heteroatoms. The maximum atomic E-state index is 13.2. The first-order valence-corrected chi connectivity index (χ1v) is 50.8. The summed E-state index contributed by atoms with van der Waals surface area (Å²) in [5, 5.41) is 10.7. The number of phosphoric ester groups is 2. The maximum Gasteiger partial charge on any atom is 0.472 e. The SMILES string of the molecule is CCCCCCCCCCCCCCCCCCCCCCCCC(=O)O[C@H](COC(=O)CCCCCCCCCCCCCCCCCCCCCC)COP(=O)(O)OC[C@@H](O)COP(=O)(O)OC[C@@H](COC(=O)CCCCCCCCCCC)OC(=O)CCCCCCCCCCCCCCCCCCCCCC. The Morgan fingerprint density at radius 1 is 0.216 bits per heavy atom. The fourth-order valence-corrected chi connectivity index (χ4v) is 16.2. The largest absolute Gasteiger partial charge is 0.472 e. The second-order valence-electron chi connectivity index (χ2n) is 33.1. The van der Waals surface area contributed by atoms with Gasteiger partial charge in [0.1, 0.15) is 19.3 Å². The molecule has 111 heavy (non-hydrogen) atoms. The maximum absolute atomic E-state index is 13.2. The van der Waals surface area contributed by atoms with Gasteiger partial charge in [-0.25, -0.2) is 9.13 Å². The van der Waals surface area contributed by atoms with Crippen molar-refractivity contribution in [1.82, 2.24) is 0 Å². The lowest BCUT2D eigenvalue weighted by Gasteiger charge is -2.21. The van der Waals surface area contributed by atoms with Gasteiger partial charge in [0.2, 0.25) is 0 Å². The topological polar surface area (TPSA) is 237 Å². The van der Waals surface area contributed by atoms with Crippen LogP contribution in [-0.4, -0.2) is 96.7 Å². The van der Waals surface area contributed by atoms with Crippen molar-refractivity contribution in [2.24, 2.45) is 0 Å². The van der Waals surface area contributed by atoms with Gasteiger partial charge in [-0.15, -0.1) is 0 Å². The number of carbonyl (C=O) groups is 4. The number of esters is 4. The molecular formula is C92H180O17P2. The zero-order valence-electron chi connectivity index (χ0n) is 73.0. The highest BCUT2D eigenvalue weighted by atomic mass is 31.2. The number of rotatable bonds is 93. The van der Waals surface area contributed by atoms with Crippen molar-refractivity contribution in [1.29, 1.82) is 0 Å². The number of carbonyl (C=O) groups excluding carboxylic acids is 4. The number of hydrogen-bond donors (Lipinski definition) is 3. The Morgan fingerprint density at radius 2 is 0.360 bits per heavy atom. The summed E-state index contributed by atoms with van der Waals surface area (Å²) in [6.07, 6.45) is 83.6. The van der Waals surface area contributed by atoms with Crippen molar-refractivity contribution >= 4 is 39.5 Å². The molecule has 0 radical (unpaired) electrons. The Kier molecular flexibility index (Phi) is 84.4. The van der Waals surface area contributed by atoms with E-state index in [1.54, 1.807) is 0 Å². The first-order valence-electron chi connectivity index (χ1n) is 47.8. The Bertz CT molecular complexity index is 2090. The summed E-state index contributed by atoms with van der Waals surface area (Å²) in [6, 6.07) is 0. The van der Waals surface area contributed by atoms with Gasteiger partial charge in [-0.1, -0.05) is 458 Å². The number of ether oxygens (including phenoxy) is 4. The minimum absolute atomic E-state index is 0.110. The Hall–Kier alpha value is -1.94. The molecule has 0 bridgehead atoms. The summed E-state index contributed by atoms with van der Waals surface area (Å²) in [5.41, 5.74) is 0. The average molecular weight is 1620 g/mol. The van der Waals surface area contributed by atoms with Gasteiger partial charge in [-0.05, 0) is 25.7 Å². The molecule has 0 heterocycles. The third kappa shape index (κ3) is 85.8. The lowest BCUT2D eigenvalue weighted by Crippen LogP contribution is -2.30. The van der Waals surface area contributed by atoms with Crippen LogP contribution in [0.2, 0.25) is 0 Å². The fourth-order valence-electron chi connectivity index (χ4n) is 14.6. The van der Waals surface area contributed by atoms with Crippen LogP contribution in [0.1, 0.15) is 509 Å². The predicted molar refractivity (Wildman–Crippen MR) is 460 cm³/mol. The van der Waals surface area contributed by atoms with Crippen LogP contribution in [0.15, 0.2) is 0 Å². The summed E-state index contributed by atoms with van der Waals surface area (Å²) in [7, 11) is -9.93. The molecule has 0 spiro atoms. The molecule has 0 fully saturated rings. The van der Waals surface area contributed by atoms with E-state index < -0.39 is 97.5 Å². The second-order valence-corrected chi connectivity index (χ2v) is 36.0. The van der Waals surface area contributed by atoms with Gasteiger partial charge in [0, 0.05) is 25.7 Å². The summed E-state index contributed by atoms with van der Waals surface area (Å²) in [6.45, 7) is 5.07. The third-order valence-corrected chi connectivity index (χ3v) is 23.8. The lowest BCUT2D eigenvalue weighted by molar-refractivity contribution is -0.161. The highest BCUT2D eigenvalue weighted by molar-refractivity contribution is 7.47. The zero-order valence-corrected chi connectivity index (χ0v) is 74.7. The number of hydrogen-bond acceptors (Lipinski definition) is 15. The van der Waals surface area contributed by atoms with Gasteiger partial charge in [-0.3, -0.25) is 37.3 Å². The van der Waals surface area contributed by atoms with E-state index in [0.717, 1.165) is 89.9 Å². The van der Waals surface area contributed by atoms with E-state index >= 15 is 0 Å². The number of aliphatic hydroxyl groups excluding tert-OH is 1. The summed E-state index contributed by atoms with van der Waals surface area (Å²) < 4.78 is 69.0. The minimum Gasteiger partial charge on any atom is -0.462 e. The van der Waals surface area contributed by atoms with Crippen molar-refractivity contribution in [2.75, 3.05) is 39.6 Å². The molecule has 0 rings (SSSR count). The highest BCUT2D eigenvalue weighted by Crippen LogP contribution is 2.45. The molecule has 5 atom stereocenters. The smallest absolute Gasteiger partial charge is 0.462 e. The molecule has 0 aliphatic heterocycles. The van der Waals surface area contributed by atoms with Gasteiger partial charge >= 0.3 is 39.5 Å². The van der Waals surface area contributed by atoms with E-state index in [2.05, 4.69) is 27.7 Å². The monoisotopic (exact) mass is 1620 g/mol. The summed E-state index contributed by atoms with van der Waals surface area (Å²) >= 11 is 0. The molecule has 3 N–H and O–H groups in total. The van der Waals surface area contributed by atoms with E-state index in [9.17, 15) is 43.2 Å². The van der Waals surface area contributed by atoms with Gasteiger partial charge in [-0.2, -0.15) is 0 Å². The molecule has 0 aromatic heterocycles. The van der Waals surface area contributed by atoms with Crippen LogP contribution < -0.4 is 0 Å². The van der Waals surface area contributed by atoms with Crippen molar-refractivity contribution in [3.63, 3.8) is 0 Å². The minimum atomic E-state index is -4.97. The molecule has 0 aliphatic carbocycles. The van der Waals surface area contributed by atoms with E-state index in [1.807, 2.05) is 0 Å². The number of unbranched alkanes of at least 4 members (excludes halogenated alkanes) is 67. The first-order chi connectivity index (χ1) is 54.2. The first kappa shape index (κ1) is 109. The molecule has 0 saturated carbocycles. The molecular weight excluding hydrogens is 1440 g/mol. The number of aliphatic hydroxyl groups is 1. The van der Waals surface area contributed by atoms with E-state index in [-0.39, 0.29) is 25.7 Å². The van der Waals surface area contributed by atoms with Crippen molar-refractivity contribution in [3.8, 4) is 0 Å². The highest BCUT2D eigenvalue weighted by Gasteiger charge is 2.31. The second kappa shape index (κ2) is 85.9. The van der Waals surface area contributed by atoms with Crippen LogP contribution >= 0.6 is 15.6 Å². The van der Waals surface area contributed by atoms with Crippen LogP contribution in [0.5, 0.6) is 0 Å². The van der Waals surface area contributed by atoms with Crippen LogP contribution in [0.3, 0.4) is 0 Å². The lowest BCUT2D eigenvalue weighted by atomic mass is 10.0. The molecule has 0 aliphatic rings. The van der Waals surface area contributed by atoms with Crippen molar-refractivity contribution < 1.29 is 80.2 Å². The van der Waals surface area contributed by atoms with Gasteiger partial charge < -0.3 is 33.8 Å². The molecule has 0 saturated heterocycles. The quantitative estimate of drug-likeness (QED) is 0.0222. The fraction of sp³-hybridized carbons (Fsp3) is 0.957. The van der Waals surface area contributed by atoms with Crippen LogP contribution in [0, 0.1) is 0 Å². The number of phosphoric acid groups is 2. The van der Waals surface area contributed by atoms with Crippen LogP contribution in [0.4, 0.5) is 0 Å². The third-order valence-electron chi connectivity index (χ3n) is 21.9. The molecule has 0 aromatic rings. The predicted octanol–water partition coefficient (Wildman–Crippen LogP) is 28.9. The van der Waals surface area contributed by atoms with Gasteiger partial charge in [0.15, 0.2) is 12.2 Å². The summed E-state index contributed by atoms with van der Waals surface area (Å²) in [5.74, 6) is -2.09. The Balaban J connectivity index is 5.18. The molecule has 660 valence electrons. The van der Waals surface area contributed by atoms with E-state index in [0.29, 0.717) is 25.7 Å². The van der Waals surface area contributed by atoms with Crippen LogP contribution in [0.25, 0.3) is 0 Å². The normalized spacial score (nSPS) is 13.6. The standard InChI is InChI=1S/C92H180O17P2/c1-5-9-13-17-21-25-28-31-34-37-40-43-44-47-50-53-56-59-63-67-71-75-79-92(97)109-88(83-103-90(95)77-73-69-65-61-57-54-51-48-45-41-38-35-32-29-26-22-18-14-10-6-2)85-107-111(100,101)105-81-86(93)80-104-110(98,99)106-84-87(82-102-89(94)76-72-68-64-60-24-20-16-12-8-4)108-91(96)78-74-70-66-62-58-55-52-49-46-42-39-36-33-30-27-23-19-15-11-7-3/h86-88,93H,5-85H2,1-4H3,(H,98,99)(H,100,101)/t86-,87+,88+/m0/s1. The molecule has 17 nitrogen and oxygen atoms in total. The molecule has 0 amide bonds. The Morgan fingerprint density at radius 3 is 0.532 bits per heavy atom. The Labute approximate surface area is 683 Å². The van der Waals surface area contributed by atoms with Crippen LogP contribution in [-0.2, 0) is 65.4 Å². The van der Waals surface area contributed by atoms with E-state index in [4.69, 9.17) is 37.0 Å².